The maximum absolute atomic E-state index is 10.3. The molecule has 42 valence electrons. The highest BCUT2D eigenvalue weighted by atomic mass is 35.5. The van der Waals surface area contributed by atoms with E-state index in [1.807, 2.05) is 0 Å². The van der Waals surface area contributed by atoms with Gasteiger partial charge in [-0.1, -0.05) is 11.6 Å². The number of rotatable bonds is 0. The van der Waals surface area contributed by atoms with Crippen molar-refractivity contribution in [3.63, 3.8) is 0 Å². The van der Waals surface area contributed by atoms with Crippen molar-refractivity contribution in [2.45, 2.75) is 4.87 Å². The fourth-order valence-electron chi connectivity index (χ4n) is 0.406. The average Bonchev–Trinajstić information content (AvgIpc) is 1.83. The number of β-lactam (4-membered cyclic amide) rings is 1. The Morgan fingerprint density at radius 3 is 2.62 bits per heavy atom. The van der Waals surface area contributed by atoms with Crippen LogP contribution in [0, 0.1) is 11.3 Å². The van der Waals surface area contributed by atoms with E-state index in [-0.39, 0.29) is 12.5 Å². The van der Waals surface area contributed by atoms with Gasteiger partial charge in [-0.2, -0.15) is 5.26 Å². The summed E-state index contributed by atoms with van der Waals surface area (Å²) in [6.45, 7) is 0.268. The number of amides is 1. The molecule has 0 radical (unpaired) electrons. The molecule has 4 heteroatoms. The number of carbonyl (C=O) groups is 1. The van der Waals surface area contributed by atoms with Gasteiger partial charge in [0.05, 0.1) is 12.6 Å². The summed E-state index contributed by atoms with van der Waals surface area (Å²) in [6, 6.07) is 1.68. The third kappa shape index (κ3) is 0.467. The predicted molar refractivity (Wildman–Crippen MR) is 27.2 cm³/mol. The van der Waals surface area contributed by atoms with Crippen LogP contribution in [0.25, 0.3) is 0 Å². The van der Waals surface area contributed by atoms with E-state index in [1.54, 1.807) is 6.07 Å². The number of alkyl halides is 1. The minimum absolute atomic E-state index is 0.268. The van der Waals surface area contributed by atoms with Crippen molar-refractivity contribution in [3.05, 3.63) is 0 Å². The van der Waals surface area contributed by atoms with E-state index in [1.165, 1.54) is 0 Å². The molecule has 1 fully saturated rings. The Balaban J connectivity index is 2.73. The number of hydrogen-bond acceptors (Lipinski definition) is 2. The lowest BCUT2D eigenvalue weighted by atomic mass is 10.0. The number of nitrogens with zero attached hydrogens (tertiary/aromatic N) is 1. The van der Waals surface area contributed by atoms with Crippen molar-refractivity contribution >= 4 is 17.5 Å². The largest absolute Gasteiger partial charge is 0.350 e. The number of nitrogens with one attached hydrogen (secondary N) is 1. The molecule has 1 heterocycles. The summed E-state index contributed by atoms with van der Waals surface area (Å²) in [5, 5.41) is 10.5. The number of halogens is 1. The second-order valence-electron chi connectivity index (χ2n) is 1.60. The van der Waals surface area contributed by atoms with E-state index >= 15 is 0 Å². The molecule has 1 saturated heterocycles. The maximum atomic E-state index is 10.3. The Kier molecular flexibility index (Phi) is 0.917. The van der Waals surface area contributed by atoms with Crippen molar-refractivity contribution in [3.8, 4) is 6.07 Å². The molecule has 8 heavy (non-hydrogen) atoms. The summed E-state index contributed by atoms with van der Waals surface area (Å²) in [7, 11) is 0. The van der Waals surface area contributed by atoms with E-state index < -0.39 is 4.87 Å². The molecule has 1 atom stereocenters. The molecule has 1 amide bonds. The number of hydrogen-bond donors (Lipinski definition) is 1. The van der Waals surface area contributed by atoms with Gasteiger partial charge in [0.1, 0.15) is 0 Å². The highest BCUT2D eigenvalue weighted by Gasteiger charge is 2.44. The van der Waals surface area contributed by atoms with Crippen LogP contribution in [0.4, 0.5) is 0 Å². The first-order valence-electron chi connectivity index (χ1n) is 2.07. The molecule has 0 bridgehead atoms. The third-order valence-corrected chi connectivity index (χ3v) is 1.42. The Hall–Kier alpha value is -0.750. The van der Waals surface area contributed by atoms with Crippen LogP contribution in [0.5, 0.6) is 0 Å². The van der Waals surface area contributed by atoms with Gasteiger partial charge >= 0.3 is 0 Å². The zero-order valence-corrected chi connectivity index (χ0v) is 4.70. The molecule has 1 unspecified atom stereocenters. The summed E-state index contributed by atoms with van der Waals surface area (Å²) >= 11 is 5.37. The van der Waals surface area contributed by atoms with Crippen LogP contribution < -0.4 is 5.32 Å². The van der Waals surface area contributed by atoms with Crippen LogP contribution in [0.1, 0.15) is 0 Å². The summed E-state index contributed by atoms with van der Waals surface area (Å²) in [4.78, 5) is 9.07. The van der Waals surface area contributed by atoms with E-state index in [2.05, 4.69) is 5.32 Å². The van der Waals surface area contributed by atoms with Crippen molar-refractivity contribution in [2.24, 2.45) is 0 Å². The Morgan fingerprint density at radius 1 is 2.00 bits per heavy atom. The zero-order chi connectivity index (χ0) is 6.20. The third-order valence-electron chi connectivity index (χ3n) is 1.03. The Bertz CT molecular complexity index is 173. The van der Waals surface area contributed by atoms with E-state index in [9.17, 15) is 4.79 Å². The SMILES string of the molecule is N#CC1(Cl)CNC1=O. The molecule has 1 N–H and O–H groups in total. The molecule has 0 aromatic heterocycles. The first-order chi connectivity index (χ1) is 3.69. The maximum Gasteiger partial charge on any atom is 0.257 e. The van der Waals surface area contributed by atoms with Crippen molar-refractivity contribution in [1.29, 1.82) is 5.26 Å². The highest BCUT2D eigenvalue weighted by molar-refractivity contribution is 6.39. The molecular weight excluding hydrogens is 128 g/mol. The molecule has 0 spiro atoms. The lowest BCUT2D eigenvalue weighted by molar-refractivity contribution is -0.127. The van der Waals surface area contributed by atoms with Crippen LogP contribution >= 0.6 is 11.6 Å². The van der Waals surface area contributed by atoms with Gasteiger partial charge in [0.25, 0.3) is 5.91 Å². The number of nitriles is 1. The fraction of sp³-hybridized carbons (Fsp3) is 0.500. The monoisotopic (exact) mass is 130 g/mol. The average molecular weight is 131 g/mol. The summed E-state index contributed by atoms with van der Waals surface area (Å²) in [5.41, 5.74) is 0. The highest BCUT2D eigenvalue weighted by Crippen LogP contribution is 2.19. The second-order valence-corrected chi connectivity index (χ2v) is 2.24. The van der Waals surface area contributed by atoms with E-state index in [4.69, 9.17) is 16.9 Å². The second kappa shape index (κ2) is 1.36. The van der Waals surface area contributed by atoms with Gasteiger partial charge in [0.2, 0.25) is 4.87 Å². The van der Waals surface area contributed by atoms with Gasteiger partial charge in [0, 0.05) is 0 Å². The summed E-state index contributed by atoms with van der Waals surface area (Å²) in [6.07, 6.45) is 0. The first-order valence-corrected chi connectivity index (χ1v) is 2.45. The van der Waals surface area contributed by atoms with Crippen molar-refractivity contribution in [2.75, 3.05) is 6.54 Å². The van der Waals surface area contributed by atoms with Crippen LogP contribution in [-0.2, 0) is 4.79 Å². The minimum atomic E-state index is -1.25. The normalized spacial score (nSPS) is 34.8. The van der Waals surface area contributed by atoms with Gasteiger partial charge in [-0.15, -0.1) is 0 Å². The van der Waals surface area contributed by atoms with Crippen LogP contribution in [0.2, 0.25) is 0 Å². The molecule has 0 aromatic carbocycles. The van der Waals surface area contributed by atoms with Crippen LogP contribution in [0.3, 0.4) is 0 Å². The standard InChI is InChI=1S/C4H3ClN2O/c5-4(1-6)2-7-3(4)8/h2H2,(H,7,8). The van der Waals surface area contributed by atoms with Gasteiger partial charge in [0.15, 0.2) is 0 Å². The van der Waals surface area contributed by atoms with Gasteiger partial charge in [-0.25, -0.2) is 0 Å². The first kappa shape index (κ1) is 5.39. The molecule has 1 rings (SSSR count). The van der Waals surface area contributed by atoms with E-state index in [0.717, 1.165) is 0 Å². The summed E-state index contributed by atoms with van der Waals surface area (Å²) in [5.74, 6) is -0.387. The van der Waals surface area contributed by atoms with Crippen LogP contribution in [-0.4, -0.2) is 17.3 Å². The van der Waals surface area contributed by atoms with Gasteiger partial charge in [-0.05, 0) is 0 Å². The molecule has 0 aromatic rings. The Labute approximate surface area is 51.2 Å². The minimum Gasteiger partial charge on any atom is -0.350 e. The van der Waals surface area contributed by atoms with Gasteiger partial charge in [-0.3, -0.25) is 4.79 Å². The molecular formula is C4H3ClN2O. The fourth-order valence-corrected chi connectivity index (χ4v) is 0.540. The quantitative estimate of drug-likeness (QED) is 0.359. The molecule has 1 aliphatic heterocycles. The zero-order valence-electron chi connectivity index (χ0n) is 3.94. The Morgan fingerprint density at radius 2 is 2.62 bits per heavy atom. The lowest BCUT2D eigenvalue weighted by Crippen LogP contribution is -2.60. The summed E-state index contributed by atoms with van der Waals surface area (Å²) < 4.78 is 0. The smallest absolute Gasteiger partial charge is 0.257 e. The topological polar surface area (TPSA) is 52.9 Å². The molecule has 1 aliphatic rings. The molecule has 3 nitrogen and oxygen atoms in total. The lowest BCUT2D eigenvalue weighted by Gasteiger charge is -2.27. The van der Waals surface area contributed by atoms with Crippen LogP contribution in [0.15, 0.2) is 0 Å². The molecule has 0 saturated carbocycles. The molecule has 0 aliphatic carbocycles. The van der Waals surface area contributed by atoms with Gasteiger partial charge < -0.3 is 5.32 Å². The van der Waals surface area contributed by atoms with Crippen molar-refractivity contribution < 1.29 is 4.79 Å². The van der Waals surface area contributed by atoms with E-state index in [0.29, 0.717) is 0 Å². The number of carbonyl (C=O) groups excluding carboxylic acids is 1. The van der Waals surface area contributed by atoms with Crippen molar-refractivity contribution in [1.82, 2.24) is 5.32 Å². The predicted octanol–water partition coefficient (Wildman–Crippen LogP) is -0.383.